The quantitative estimate of drug-likeness (QED) is 0.426. The van der Waals surface area contributed by atoms with Crippen LogP contribution in [0.4, 0.5) is 5.69 Å². The van der Waals surface area contributed by atoms with Gasteiger partial charge in [-0.05, 0) is 67.9 Å². The topological polar surface area (TPSA) is 78.9 Å². The molecule has 0 bridgehead atoms. The van der Waals surface area contributed by atoms with E-state index in [1.807, 2.05) is 19.1 Å². The van der Waals surface area contributed by atoms with Crippen LogP contribution in [0, 0.1) is 5.92 Å². The molecule has 4 rings (SSSR count). The van der Waals surface area contributed by atoms with Crippen molar-refractivity contribution in [1.82, 2.24) is 5.32 Å². The molecule has 35 heavy (non-hydrogen) atoms. The Kier molecular flexibility index (Phi) is 8.45. The molecule has 2 aliphatic rings. The minimum Gasteiger partial charge on any atom is -0.493 e. The van der Waals surface area contributed by atoms with Crippen molar-refractivity contribution in [2.24, 2.45) is 5.92 Å². The number of anilines is 1. The fraction of sp³-hybridized carbons (Fsp3) is 0.448. The van der Waals surface area contributed by atoms with Crippen molar-refractivity contribution in [3.05, 3.63) is 65.2 Å². The van der Waals surface area contributed by atoms with Crippen molar-refractivity contribution in [3.63, 3.8) is 0 Å². The Hall–Kier alpha value is -3.28. The molecule has 1 amide bonds. The van der Waals surface area contributed by atoms with Gasteiger partial charge in [-0.25, -0.2) is 4.79 Å². The summed E-state index contributed by atoms with van der Waals surface area (Å²) in [4.78, 5) is 26.6. The van der Waals surface area contributed by atoms with E-state index in [1.54, 1.807) is 6.07 Å². The first-order valence-corrected chi connectivity index (χ1v) is 12.8. The van der Waals surface area contributed by atoms with E-state index in [2.05, 4.69) is 34.5 Å². The Morgan fingerprint density at radius 2 is 1.91 bits per heavy atom. The van der Waals surface area contributed by atoms with Crippen molar-refractivity contribution in [2.45, 2.75) is 57.9 Å². The van der Waals surface area contributed by atoms with Gasteiger partial charge in [-0.3, -0.25) is 4.79 Å². The first-order chi connectivity index (χ1) is 17.0. The molecule has 0 spiro atoms. The molecule has 1 unspecified atom stereocenters. The summed E-state index contributed by atoms with van der Waals surface area (Å²) in [5, 5.41) is 12.3. The molecule has 1 aliphatic heterocycles. The Labute approximate surface area is 208 Å². The number of aliphatic carboxylic acids is 1. The number of nitrogens with zero attached hydrogens (tertiary/aromatic N) is 1. The minimum absolute atomic E-state index is 0.00254. The molecule has 186 valence electrons. The molecule has 0 aromatic heterocycles. The molecule has 0 radical (unpaired) electrons. The number of para-hydroxylation sites is 1. The first-order valence-electron chi connectivity index (χ1n) is 12.8. The van der Waals surface area contributed by atoms with Crippen molar-refractivity contribution < 1.29 is 19.4 Å². The number of ether oxygens (including phenoxy) is 1. The summed E-state index contributed by atoms with van der Waals surface area (Å²) >= 11 is 0. The fourth-order valence-electron chi connectivity index (χ4n) is 4.85. The van der Waals surface area contributed by atoms with Crippen LogP contribution in [0.15, 0.2) is 48.5 Å². The normalized spacial score (nSPS) is 16.8. The van der Waals surface area contributed by atoms with E-state index in [0.29, 0.717) is 23.8 Å². The standard InChI is InChI=1S/C29H36N2O4/c1-2-35-27-19-22(12-13-23(27)14-15-29(33)34)20-28(32)30-25(18-21-10-11-21)24-8-4-5-9-26(24)31-16-6-3-7-17-31/h4-5,8-9,12-15,19,21,25H,2-3,6-7,10-11,16-18,20H2,1H3,(H,30,32)(H,33,34)/b15-14+. The summed E-state index contributed by atoms with van der Waals surface area (Å²) in [5.74, 6) is 0.239. The van der Waals surface area contributed by atoms with Crippen molar-refractivity contribution in [2.75, 3.05) is 24.6 Å². The number of hydrogen-bond acceptors (Lipinski definition) is 4. The maximum absolute atomic E-state index is 13.2. The average molecular weight is 477 g/mol. The molecule has 2 N–H and O–H groups in total. The molecular formula is C29H36N2O4. The number of carboxylic acid groups (broad SMARTS) is 1. The van der Waals surface area contributed by atoms with E-state index in [9.17, 15) is 9.59 Å². The molecule has 2 aromatic rings. The van der Waals surface area contributed by atoms with Gasteiger partial charge in [-0.15, -0.1) is 0 Å². The molecule has 1 saturated heterocycles. The third-order valence-corrected chi connectivity index (χ3v) is 6.76. The summed E-state index contributed by atoms with van der Waals surface area (Å²) < 4.78 is 5.70. The number of carbonyl (C=O) groups excluding carboxylic acids is 1. The van der Waals surface area contributed by atoms with Crippen LogP contribution in [0.3, 0.4) is 0 Å². The van der Waals surface area contributed by atoms with Crippen molar-refractivity contribution in [1.29, 1.82) is 0 Å². The van der Waals surface area contributed by atoms with E-state index < -0.39 is 5.97 Å². The zero-order valence-electron chi connectivity index (χ0n) is 20.5. The lowest BCUT2D eigenvalue weighted by Crippen LogP contribution is -2.34. The van der Waals surface area contributed by atoms with Gasteiger partial charge in [0.05, 0.1) is 19.1 Å². The molecule has 6 heteroatoms. The highest BCUT2D eigenvalue weighted by molar-refractivity contribution is 5.86. The van der Waals surface area contributed by atoms with Gasteiger partial charge in [-0.1, -0.05) is 43.2 Å². The molecule has 1 atom stereocenters. The van der Waals surface area contributed by atoms with Crippen molar-refractivity contribution >= 4 is 23.6 Å². The van der Waals surface area contributed by atoms with E-state index >= 15 is 0 Å². The molecule has 2 aromatic carbocycles. The molecule has 6 nitrogen and oxygen atoms in total. The summed E-state index contributed by atoms with van der Waals surface area (Å²) in [6, 6.07) is 14.0. The van der Waals surface area contributed by atoms with Crippen LogP contribution in [-0.2, 0) is 16.0 Å². The zero-order chi connectivity index (χ0) is 24.6. The highest BCUT2D eigenvalue weighted by atomic mass is 16.5. The van der Waals surface area contributed by atoms with Crippen LogP contribution in [0.25, 0.3) is 6.08 Å². The monoisotopic (exact) mass is 476 g/mol. The second kappa shape index (κ2) is 11.9. The second-order valence-electron chi connectivity index (χ2n) is 9.56. The predicted molar refractivity (Wildman–Crippen MR) is 139 cm³/mol. The third kappa shape index (κ3) is 7.10. The molecule has 1 saturated carbocycles. The fourth-order valence-corrected chi connectivity index (χ4v) is 4.85. The summed E-state index contributed by atoms with van der Waals surface area (Å²) in [6.45, 7) is 4.49. The van der Waals surface area contributed by atoms with Gasteiger partial charge in [0.25, 0.3) is 0 Å². The van der Waals surface area contributed by atoms with Crippen LogP contribution in [-0.4, -0.2) is 36.7 Å². The number of carbonyl (C=O) groups is 2. The summed E-state index contributed by atoms with van der Waals surface area (Å²) in [7, 11) is 0. The average Bonchev–Trinajstić information content (AvgIpc) is 3.68. The molecule has 1 aliphatic carbocycles. The summed E-state index contributed by atoms with van der Waals surface area (Å²) in [5.41, 5.74) is 4.00. The van der Waals surface area contributed by atoms with E-state index in [4.69, 9.17) is 9.84 Å². The van der Waals surface area contributed by atoms with Gasteiger partial charge in [0.2, 0.25) is 5.91 Å². The minimum atomic E-state index is -1.01. The van der Waals surface area contributed by atoms with Gasteiger partial charge in [-0.2, -0.15) is 0 Å². The Balaban J connectivity index is 1.50. The van der Waals surface area contributed by atoms with Crippen LogP contribution in [0.5, 0.6) is 5.75 Å². The lowest BCUT2D eigenvalue weighted by molar-refractivity contribution is -0.131. The number of benzene rings is 2. The third-order valence-electron chi connectivity index (χ3n) is 6.76. The maximum Gasteiger partial charge on any atom is 0.328 e. The van der Waals surface area contributed by atoms with Gasteiger partial charge >= 0.3 is 5.97 Å². The van der Waals surface area contributed by atoms with E-state index in [0.717, 1.165) is 31.1 Å². The Bertz CT molecular complexity index is 1050. The van der Waals surface area contributed by atoms with Gasteiger partial charge in [0.1, 0.15) is 5.75 Å². The zero-order valence-corrected chi connectivity index (χ0v) is 20.5. The highest BCUT2D eigenvalue weighted by Gasteiger charge is 2.29. The van der Waals surface area contributed by atoms with Crippen LogP contribution < -0.4 is 15.0 Å². The lowest BCUT2D eigenvalue weighted by Gasteiger charge is -2.33. The largest absolute Gasteiger partial charge is 0.493 e. The number of carboxylic acids is 1. The first kappa shape index (κ1) is 24.8. The van der Waals surface area contributed by atoms with Crippen LogP contribution in [0.2, 0.25) is 0 Å². The number of piperidine rings is 1. The number of amides is 1. The Morgan fingerprint density at radius 1 is 1.14 bits per heavy atom. The molecule has 1 heterocycles. The molecular weight excluding hydrogens is 440 g/mol. The second-order valence-corrected chi connectivity index (χ2v) is 9.56. The predicted octanol–water partition coefficient (Wildman–Crippen LogP) is 5.37. The van der Waals surface area contributed by atoms with E-state index in [-0.39, 0.29) is 18.4 Å². The molecule has 2 fully saturated rings. The van der Waals surface area contributed by atoms with Gasteiger partial charge in [0, 0.05) is 30.4 Å². The number of nitrogens with one attached hydrogen (secondary N) is 1. The smallest absolute Gasteiger partial charge is 0.328 e. The SMILES string of the molecule is CCOc1cc(CC(=O)NC(CC2CC2)c2ccccc2N2CCCCC2)ccc1/C=C/C(=O)O. The maximum atomic E-state index is 13.2. The van der Waals surface area contributed by atoms with Crippen LogP contribution in [0.1, 0.15) is 68.2 Å². The summed E-state index contributed by atoms with van der Waals surface area (Å²) in [6.07, 6.45) is 10.0. The van der Waals surface area contributed by atoms with Crippen LogP contribution >= 0.6 is 0 Å². The lowest BCUT2D eigenvalue weighted by atomic mass is 9.97. The Morgan fingerprint density at radius 3 is 2.63 bits per heavy atom. The highest BCUT2D eigenvalue weighted by Crippen LogP contribution is 2.40. The number of rotatable bonds is 11. The van der Waals surface area contributed by atoms with E-state index in [1.165, 1.54) is 49.4 Å². The van der Waals surface area contributed by atoms with Gasteiger partial charge in [0.15, 0.2) is 0 Å². The van der Waals surface area contributed by atoms with Gasteiger partial charge < -0.3 is 20.1 Å². The van der Waals surface area contributed by atoms with Crippen molar-refractivity contribution in [3.8, 4) is 5.75 Å². The number of hydrogen-bond donors (Lipinski definition) is 2.